The van der Waals surface area contributed by atoms with Crippen molar-refractivity contribution in [1.82, 2.24) is 25.2 Å². The molecule has 0 spiro atoms. The lowest BCUT2D eigenvalue weighted by Crippen LogP contribution is -2.17. The predicted octanol–water partition coefficient (Wildman–Crippen LogP) is 0.614. The lowest BCUT2D eigenvalue weighted by Gasteiger charge is -2.11. The lowest BCUT2D eigenvalue weighted by molar-refractivity contribution is 0.199. The number of rotatable bonds is 7. The predicted molar refractivity (Wildman–Crippen MR) is 63.6 cm³/mol. The molecule has 1 N–H and O–H groups in total. The highest BCUT2D eigenvalue weighted by molar-refractivity contribution is 4.97. The molecular formula is C11H17N5O2. The first-order chi connectivity index (χ1) is 8.78. The van der Waals surface area contributed by atoms with E-state index in [-0.39, 0.29) is 0 Å². The molecule has 2 aromatic rings. The van der Waals surface area contributed by atoms with E-state index in [2.05, 4.69) is 25.2 Å². The van der Waals surface area contributed by atoms with Crippen molar-refractivity contribution in [1.29, 1.82) is 0 Å². The molecule has 0 atom stereocenters. The maximum atomic E-state index is 5.17. The van der Waals surface area contributed by atoms with Gasteiger partial charge < -0.3 is 9.26 Å². The summed E-state index contributed by atoms with van der Waals surface area (Å²) in [6.07, 6.45) is 2.41. The zero-order chi connectivity index (χ0) is 12.8. The molecule has 7 heteroatoms. The third kappa shape index (κ3) is 3.64. The van der Waals surface area contributed by atoms with Crippen molar-refractivity contribution in [3.8, 4) is 0 Å². The highest BCUT2D eigenvalue weighted by Gasteiger charge is 2.09. The molecule has 2 heterocycles. The largest absolute Gasteiger partial charge is 0.384 e. The van der Waals surface area contributed by atoms with Crippen LogP contribution in [0.15, 0.2) is 16.8 Å². The second kappa shape index (κ2) is 6.27. The van der Waals surface area contributed by atoms with Crippen LogP contribution in [0.5, 0.6) is 0 Å². The van der Waals surface area contributed by atoms with Gasteiger partial charge in [0.1, 0.15) is 0 Å². The molecule has 18 heavy (non-hydrogen) atoms. The van der Waals surface area contributed by atoms with Crippen LogP contribution in [0.2, 0.25) is 0 Å². The molecule has 0 saturated carbocycles. The fraction of sp³-hybridized carbons (Fsp3) is 0.545. The molecule has 0 fully saturated rings. The van der Waals surface area contributed by atoms with Crippen LogP contribution in [0, 0.1) is 0 Å². The average Bonchev–Trinajstić information content (AvgIpc) is 2.98. The van der Waals surface area contributed by atoms with Gasteiger partial charge in [0.2, 0.25) is 5.89 Å². The van der Waals surface area contributed by atoms with Gasteiger partial charge in [0.25, 0.3) is 0 Å². The zero-order valence-electron chi connectivity index (χ0n) is 10.6. The number of hydrogen-bond acceptors (Lipinski definition) is 6. The van der Waals surface area contributed by atoms with E-state index in [1.165, 1.54) is 0 Å². The fourth-order valence-corrected chi connectivity index (χ4v) is 1.60. The van der Waals surface area contributed by atoms with Crippen molar-refractivity contribution in [2.45, 2.75) is 19.5 Å². The molecule has 7 nitrogen and oxygen atoms in total. The summed E-state index contributed by atoms with van der Waals surface area (Å²) >= 11 is 0. The van der Waals surface area contributed by atoms with Crippen LogP contribution in [0.1, 0.15) is 17.4 Å². The molecule has 0 amide bonds. The third-order valence-corrected chi connectivity index (χ3v) is 2.44. The molecule has 2 aromatic heterocycles. The van der Waals surface area contributed by atoms with Crippen LogP contribution >= 0.6 is 0 Å². The molecule has 0 radical (unpaired) electrons. The summed E-state index contributed by atoms with van der Waals surface area (Å²) in [6.45, 7) is 1.97. The van der Waals surface area contributed by atoms with Crippen LogP contribution in [-0.4, -0.2) is 46.0 Å². The van der Waals surface area contributed by atoms with E-state index in [1.807, 2.05) is 13.1 Å². The van der Waals surface area contributed by atoms with Crippen molar-refractivity contribution >= 4 is 0 Å². The Hall–Kier alpha value is -1.73. The van der Waals surface area contributed by atoms with Gasteiger partial charge in [-0.1, -0.05) is 5.16 Å². The van der Waals surface area contributed by atoms with Crippen LogP contribution < -0.4 is 0 Å². The quantitative estimate of drug-likeness (QED) is 0.776. The number of hydrogen-bond donors (Lipinski definition) is 1. The minimum absolute atomic E-state index is 0.600. The molecule has 0 unspecified atom stereocenters. The highest BCUT2D eigenvalue weighted by atomic mass is 16.5. The molecule has 0 aliphatic heterocycles. The molecule has 0 saturated heterocycles. The van der Waals surface area contributed by atoms with Gasteiger partial charge in [0, 0.05) is 32.0 Å². The maximum absolute atomic E-state index is 5.17. The smallest absolute Gasteiger partial charge is 0.240 e. The van der Waals surface area contributed by atoms with Crippen molar-refractivity contribution in [2.75, 3.05) is 20.8 Å². The summed E-state index contributed by atoms with van der Waals surface area (Å²) in [5, 5.41) is 10.7. The first-order valence-electron chi connectivity index (χ1n) is 5.75. The summed E-state index contributed by atoms with van der Waals surface area (Å²) in [4.78, 5) is 6.36. The molecule has 0 aliphatic rings. The Bertz CT molecular complexity index is 454. The summed E-state index contributed by atoms with van der Waals surface area (Å²) in [7, 11) is 3.64. The van der Waals surface area contributed by atoms with Crippen LogP contribution in [-0.2, 0) is 24.2 Å². The van der Waals surface area contributed by atoms with Gasteiger partial charge in [-0.25, -0.2) is 0 Å². The number of ether oxygens (including phenoxy) is 1. The minimum atomic E-state index is 0.600. The van der Waals surface area contributed by atoms with E-state index in [9.17, 15) is 0 Å². The van der Waals surface area contributed by atoms with E-state index in [4.69, 9.17) is 9.26 Å². The highest BCUT2D eigenvalue weighted by Crippen LogP contribution is 2.05. The Morgan fingerprint density at radius 3 is 3.06 bits per heavy atom. The van der Waals surface area contributed by atoms with Crippen LogP contribution in [0.4, 0.5) is 0 Å². The standard InChI is InChI=1S/C11H17N5O2/c1-16(7-9-3-5-12-14-9)8-11-13-10(15-18-11)4-6-17-2/h3,5H,4,6-8H2,1-2H3,(H,12,14). The summed E-state index contributed by atoms with van der Waals surface area (Å²) < 4.78 is 10.1. The second-order valence-electron chi connectivity index (χ2n) is 4.10. The lowest BCUT2D eigenvalue weighted by atomic mass is 10.4. The molecule has 0 aromatic carbocycles. The third-order valence-electron chi connectivity index (χ3n) is 2.44. The fourth-order valence-electron chi connectivity index (χ4n) is 1.60. The van der Waals surface area contributed by atoms with E-state index in [0.29, 0.717) is 31.3 Å². The second-order valence-corrected chi connectivity index (χ2v) is 4.10. The van der Waals surface area contributed by atoms with Crippen molar-refractivity contribution in [2.24, 2.45) is 0 Å². The maximum Gasteiger partial charge on any atom is 0.240 e. The summed E-state index contributed by atoms with van der Waals surface area (Å²) in [6, 6.07) is 1.94. The minimum Gasteiger partial charge on any atom is -0.384 e. The van der Waals surface area contributed by atoms with E-state index < -0.39 is 0 Å². The number of nitrogens with zero attached hydrogens (tertiary/aromatic N) is 4. The van der Waals surface area contributed by atoms with Gasteiger partial charge in [0.15, 0.2) is 5.82 Å². The summed E-state index contributed by atoms with van der Waals surface area (Å²) in [5.41, 5.74) is 1.05. The number of aromatic amines is 1. The first kappa shape index (κ1) is 12.7. The molecular weight excluding hydrogens is 234 g/mol. The van der Waals surface area contributed by atoms with E-state index in [1.54, 1.807) is 13.3 Å². The van der Waals surface area contributed by atoms with Crippen molar-refractivity contribution < 1.29 is 9.26 Å². The first-order valence-corrected chi connectivity index (χ1v) is 5.75. The van der Waals surface area contributed by atoms with Crippen LogP contribution in [0.25, 0.3) is 0 Å². The van der Waals surface area contributed by atoms with E-state index in [0.717, 1.165) is 12.2 Å². The SMILES string of the molecule is COCCc1noc(CN(C)Cc2ccn[nH]2)n1. The molecule has 0 aliphatic carbocycles. The summed E-state index contributed by atoms with van der Waals surface area (Å²) in [5.74, 6) is 1.30. The normalized spacial score (nSPS) is 11.3. The van der Waals surface area contributed by atoms with Gasteiger partial charge in [-0.3, -0.25) is 10.00 Å². The van der Waals surface area contributed by atoms with Gasteiger partial charge in [-0.15, -0.1) is 0 Å². The van der Waals surface area contributed by atoms with Gasteiger partial charge in [-0.2, -0.15) is 10.1 Å². The number of methoxy groups -OCH3 is 1. The Morgan fingerprint density at radius 1 is 1.44 bits per heavy atom. The van der Waals surface area contributed by atoms with Crippen molar-refractivity contribution in [3.05, 3.63) is 29.7 Å². The number of aromatic nitrogens is 4. The molecule has 98 valence electrons. The Kier molecular flexibility index (Phi) is 4.43. The van der Waals surface area contributed by atoms with E-state index >= 15 is 0 Å². The Morgan fingerprint density at radius 2 is 2.33 bits per heavy atom. The molecule has 2 rings (SSSR count). The van der Waals surface area contributed by atoms with Crippen molar-refractivity contribution in [3.63, 3.8) is 0 Å². The topological polar surface area (TPSA) is 80.1 Å². The Balaban J connectivity index is 1.83. The van der Waals surface area contributed by atoms with Gasteiger partial charge >= 0.3 is 0 Å². The number of H-pyrrole nitrogens is 1. The van der Waals surface area contributed by atoms with Crippen LogP contribution in [0.3, 0.4) is 0 Å². The monoisotopic (exact) mass is 251 g/mol. The molecule has 0 bridgehead atoms. The van der Waals surface area contributed by atoms with Gasteiger partial charge in [0.05, 0.1) is 13.2 Å². The Labute approximate surface area is 105 Å². The van der Waals surface area contributed by atoms with Gasteiger partial charge in [-0.05, 0) is 13.1 Å². The zero-order valence-corrected chi connectivity index (χ0v) is 10.6. The number of nitrogens with one attached hydrogen (secondary N) is 1. The average molecular weight is 251 g/mol.